The van der Waals surface area contributed by atoms with Gasteiger partial charge in [-0.1, -0.05) is 24.3 Å². The van der Waals surface area contributed by atoms with Crippen molar-refractivity contribution in [2.75, 3.05) is 0 Å². The van der Waals surface area contributed by atoms with Crippen LogP contribution >= 0.6 is 0 Å². The van der Waals surface area contributed by atoms with Crippen molar-refractivity contribution in [3.05, 3.63) is 53.6 Å². The van der Waals surface area contributed by atoms with Gasteiger partial charge in [-0.2, -0.15) is 0 Å². The van der Waals surface area contributed by atoms with E-state index in [0.717, 1.165) is 18.7 Å². The normalized spacial score (nSPS) is 19.8. The third-order valence-corrected chi connectivity index (χ3v) is 3.96. The van der Waals surface area contributed by atoms with Crippen molar-refractivity contribution in [1.29, 1.82) is 0 Å². The summed E-state index contributed by atoms with van der Waals surface area (Å²) in [7, 11) is 1.97. The molecule has 0 radical (unpaired) electrons. The fourth-order valence-corrected chi connectivity index (χ4v) is 2.91. The van der Waals surface area contributed by atoms with Crippen LogP contribution in [0.3, 0.4) is 0 Å². The Hall–Kier alpha value is -1.61. The number of rotatable bonds is 3. The number of hydrogen-bond acceptors (Lipinski definition) is 2. The summed E-state index contributed by atoms with van der Waals surface area (Å²) < 4.78 is 1.98. The van der Waals surface area contributed by atoms with Crippen molar-refractivity contribution in [3.8, 4) is 0 Å². The van der Waals surface area contributed by atoms with Crippen molar-refractivity contribution >= 4 is 0 Å². The summed E-state index contributed by atoms with van der Waals surface area (Å²) in [5.41, 5.74) is 2.71. The van der Waals surface area contributed by atoms with Gasteiger partial charge in [-0.25, -0.2) is 4.98 Å². The highest BCUT2D eigenvalue weighted by Crippen LogP contribution is 2.36. The molecule has 3 rings (SSSR count). The van der Waals surface area contributed by atoms with Gasteiger partial charge in [-0.3, -0.25) is 0 Å². The van der Waals surface area contributed by atoms with Crippen molar-refractivity contribution in [3.63, 3.8) is 0 Å². The van der Waals surface area contributed by atoms with Gasteiger partial charge in [0.25, 0.3) is 0 Å². The molecule has 1 heterocycles. The van der Waals surface area contributed by atoms with Crippen molar-refractivity contribution in [2.24, 2.45) is 7.05 Å². The van der Waals surface area contributed by atoms with E-state index in [1.54, 1.807) is 6.20 Å². The highest BCUT2D eigenvalue weighted by atomic mass is 16.3. The zero-order valence-electron chi connectivity index (χ0n) is 10.6. The van der Waals surface area contributed by atoms with E-state index in [1.807, 2.05) is 17.8 Å². The molecule has 1 N–H and O–H groups in total. The number of imidazole rings is 1. The first kappa shape index (κ1) is 11.5. The Kier molecular flexibility index (Phi) is 2.92. The van der Waals surface area contributed by atoms with E-state index in [-0.39, 0.29) is 12.0 Å². The van der Waals surface area contributed by atoms with Gasteiger partial charge in [-0.05, 0) is 24.0 Å². The Morgan fingerprint density at radius 3 is 3.06 bits per heavy atom. The Morgan fingerprint density at radius 1 is 1.44 bits per heavy atom. The average Bonchev–Trinajstić information content (AvgIpc) is 2.96. The lowest BCUT2D eigenvalue weighted by Gasteiger charge is -2.19. The standard InChI is InChI=1S/C15H18N2O/c1-17-9-8-16-15(17)10-14(18)13-7-6-11-4-2-3-5-12(11)13/h2-5,8-9,13-14,18H,6-7,10H2,1H3. The van der Waals surface area contributed by atoms with Gasteiger partial charge in [0.05, 0.1) is 6.10 Å². The zero-order valence-corrected chi connectivity index (χ0v) is 10.6. The Labute approximate surface area is 107 Å². The molecule has 0 amide bonds. The number of benzene rings is 1. The first-order chi connectivity index (χ1) is 8.75. The molecule has 3 nitrogen and oxygen atoms in total. The second-order valence-electron chi connectivity index (χ2n) is 5.07. The Bertz CT molecular complexity index is 547. The summed E-state index contributed by atoms with van der Waals surface area (Å²) in [6.45, 7) is 0. The van der Waals surface area contributed by atoms with Gasteiger partial charge in [0.1, 0.15) is 5.82 Å². The highest BCUT2D eigenvalue weighted by Gasteiger charge is 2.28. The number of aryl methyl sites for hydroxylation is 2. The van der Waals surface area contributed by atoms with Crippen molar-refractivity contribution in [1.82, 2.24) is 9.55 Å². The topological polar surface area (TPSA) is 38.0 Å². The Balaban J connectivity index is 1.79. The molecule has 0 spiro atoms. The van der Waals surface area contributed by atoms with Crippen LogP contribution in [0, 0.1) is 0 Å². The van der Waals surface area contributed by atoms with Crippen LogP contribution < -0.4 is 0 Å². The lowest BCUT2D eigenvalue weighted by Crippen LogP contribution is -2.21. The predicted octanol–water partition coefficient (Wildman–Crippen LogP) is 2.05. The second-order valence-corrected chi connectivity index (χ2v) is 5.07. The maximum absolute atomic E-state index is 10.4. The lowest BCUT2D eigenvalue weighted by molar-refractivity contribution is 0.140. The molecule has 0 fully saturated rings. The predicted molar refractivity (Wildman–Crippen MR) is 70.4 cm³/mol. The van der Waals surface area contributed by atoms with E-state index < -0.39 is 0 Å². The van der Waals surface area contributed by atoms with Gasteiger partial charge < -0.3 is 9.67 Å². The Morgan fingerprint density at radius 2 is 2.28 bits per heavy atom. The van der Waals surface area contributed by atoms with Crippen molar-refractivity contribution < 1.29 is 5.11 Å². The molecular formula is C15H18N2O. The maximum Gasteiger partial charge on any atom is 0.110 e. The van der Waals surface area contributed by atoms with Gasteiger partial charge >= 0.3 is 0 Å². The summed E-state index contributed by atoms with van der Waals surface area (Å²) in [6, 6.07) is 8.45. The van der Waals surface area contributed by atoms with Gasteiger partial charge in [0.2, 0.25) is 0 Å². The van der Waals surface area contributed by atoms with E-state index in [9.17, 15) is 5.11 Å². The smallest absolute Gasteiger partial charge is 0.110 e. The van der Waals surface area contributed by atoms with E-state index in [4.69, 9.17) is 0 Å². The van der Waals surface area contributed by atoms with Gasteiger partial charge in [0, 0.05) is 31.8 Å². The molecule has 1 aliphatic carbocycles. The minimum Gasteiger partial charge on any atom is -0.392 e. The molecule has 1 aromatic heterocycles. The molecule has 3 heteroatoms. The van der Waals surface area contributed by atoms with Crippen molar-refractivity contribution in [2.45, 2.75) is 31.3 Å². The van der Waals surface area contributed by atoms with Crippen LogP contribution in [0.5, 0.6) is 0 Å². The van der Waals surface area contributed by atoms with Gasteiger partial charge in [-0.15, -0.1) is 0 Å². The summed E-state index contributed by atoms with van der Waals surface area (Å²) >= 11 is 0. The summed E-state index contributed by atoms with van der Waals surface area (Å²) in [4.78, 5) is 4.29. The molecule has 18 heavy (non-hydrogen) atoms. The number of aliphatic hydroxyl groups excluding tert-OH is 1. The second kappa shape index (κ2) is 4.58. The highest BCUT2D eigenvalue weighted by molar-refractivity contribution is 5.35. The maximum atomic E-state index is 10.4. The molecule has 0 aliphatic heterocycles. The molecule has 0 saturated heterocycles. The first-order valence-corrected chi connectivity index (χ1v) is 6.48. The molecule has 0 saturated carbocycles. The van der Waals surface area contributed by atoms with Crippen LogP contribution in [0.1, 0.15) is 29.3 Å². The third-order valence-electron chi connectivity index (χ3n) is 3.96. The van der Waals surface area contributed by atoms with E-state index in [0.29, 0.717) is 6.42 Å². The molecule has 2 atom stereocenters. The van der Waals surface area contributed by atoms with E-state index in [2.05, 4.69) is 29.2 Å². The van der Waals surface area contributed by atoms with Crippen LogP contribution in [0.4, 0.5) is 0 Å². The molecule has 1 aliphatic rings. The lowest BCUT2D eigenvalue weighted by atomic mass is 9.93. The third kappa shape index (κ3) is 1.95. The van der Waals surface area contributed by atoms with Crippen LogP contribution in [-0.4, -0.2) is 20.8 Å². The number of aliphatic hydroxyl groups is 1. The quantitative estimate of drug-likeness (QED) is 0.894. The largest absolute Gasteiger partial charge is 0.392 e. The molecule has 94 valence electrons. The fraction of sp³-hybridized carbons (Fsp3) is 0.400. The molecule has 2 unspecified atom stereocenters. The van der Waals surface area contributed by atoms with Crippen LogP contribution in [0.25, 0.3) is 0 Å². The van der Waals surface area contributed by atoms with Crippen LogP contribution in [-0.2, 0) is 19.9 Å². The zero-order chi connectivity index (χ0) is 12.5. The summed E-state index contributed by atoms with van der Waals surface area (Å²) in [5.74, 6) is 1.21. The number of aromatic nitrogens is 2. The monoisotopic (exact) mass is 242 g/mol. The minimum absolute atomic E-state index is 0.262. The van der Waals surface area contributed by atoms with E-state index in [1.165, 1.54) is 11.1 Å². The molecule has 1 aromatic carbocycles. The fourth-order valence-electron chi connectivity index (χ4n) is 2.91. The summed E-state index contributed by atoms with van der Waals surface area (Å²) in [5, 5.41) is 10.4. The van der Waals surface area contributed by atoms with Gasteiger partial charge in [0.15, 0.2) is 0 Å². The molecule has 2 aromatic rings. The first-order valence-electron chi connectivity index (χ1n) is 6.48. The minimum atomic E-state index is -0.338. The number of hydrogen-bond donors (Lipinski definition) is 1. The summed E-state index contributed by atoms with van der Waals surface area (Å²) in [6.07, 6.45) is 6.12. The van der Waals surface area contributed by atoms with Crippen LogP contribution in [0.2, 0.25) is 0 Å². The number of fused-ring (bicyclic) bond motifs is 1. The number of nitrogens with zero attached hydrogens (tertiary/aromatic N) is 2. The van der Waals surface area contributed by atoms with E-state index >= 15 is 0 Å². The molecule has 0 bridgehead atoms. The van der Waals surface area contributed by atoms with Crippen LogP contribution in [0.15, 0.2) is 36.7 Å². The molecular weight excluding hydrogens is 224 g/mol. The average molecular weight is 242 g/mol. The SMILES string of the molecule is Cn1ccnc1CC(O)C1CCc2ccccc21.